The van der Waals surface area contributed by atoms with Crippen LogP contribution in [0.15, 0.2) is 30.7 Å². The first-order chi connectivity index (χ1) is 10.7. The molecule has 3 rings (SSSR count). The van der Waals surface area contributed by atoms with Crippen LogP contribution in [0.25, 0.3) is 22.6 Å². The molecule has 0 aromatic carbocycles. The molecule has 0 spiro atoms. The van der Waals surface area contributed by atoms with Gasteiger partial charge in [-0.15, -0.1) is 0 Å². The van der Waals surface area contributed by atoms with Gasteiger partial charge in [-0.25, -0.2) is 9.97 Å². The van der Waals surface area contributed by atoms with E-state index in [1.54, 1.807) is 19.5 Å². The van der Waals surface area contributed by atoms with Crippen LogP contribution < -0.4 is 4.74 Å². The van der Waals surface area contributed by atoms with Gasteiger partial charge in [0, 0.05) is 26.6 Å². The predicted octanol–water partition coefficient (Wildman–Crippen LogP) is 2.36. The molecule has 3 aromatic heterocycles. The summed E-state index contributed by atoms with van der Waals surface area (Å²) in [5.74, 6) is 1.50. The summed E-state index contributed by atoms with van der Waals surface area (Å²) in [6, 6.07) is 3.93. The minimum absolute atomic E-state index is 0.469. The first kappa shape index (κ1) is 14.5. The van der Waals surface area contributed by atoms with Gasteiger partial charge in [-0.1, -0.05) is 0 Å². The first-order valence-electron chi connectivity index (χ1n) is 7.06. The molecular formula is C16H18N4O2. The molecule has 114 valence electrons. The Balaban J connectivity index is 2.05. The molecule has 0 amide bonds. The van der Waals surface area contributed by atoms with Crippen molar-refractivity contribution >= 4 is 11.2 Å². The summed E-state index contributed by atoms with van der Waals surface area (Å²) in [7, 11) is 3.60. The molecule has 3 heterocycles. The summed E-state index contributed by atoms with van der Waals surface area (Å²) < 4.78 is 12.7. The maximum atomic E-state index is 5.75. The fourth-order valence-electron chi connectivity index (χ4n) is 2.33. The summed E-state index contributed by atoms with van der Waals surface area (Å²) in [6.45, 7) is 3.00. The summed E-state index contributed by atoms with van der Waals surface area (Å²) in [5.41, 5.74) is 3.70. The van der Waals surface area contributed by atoms with Crippen molar-refractivity contribution in [2.24, 2.45) is 7.05 Å². The number of fused-ring (bicyclic) bond motifs is 1. The number of rotatable bonds is 5. The molecule has 0 atom stereocenters. The van der Waals surface area contributed by atoms with E-state index in [9.17, 15) is 0 Å². The van der Waals surface area contributed by atoms with Gasteiger partial charge in [0.15, 0.2) is 5.65 Å². The molecule has 0 unspecified atom stereocenters. The molecule has 0 aliphatic carbocycles. The van der Waals surface area contributed by atoms with Crippen molar-refractivity contribution in [3.8, 4) is 17.1 Å². The number of aryl methyl sites for hydroxylation is 2. The van der Waals surface area contributed by atoms with E-state index >= 15 is 0 Å². The van der Waals surface area contributed by atoms with E-state index < -0.39 is 0 Å². The van der Waals surface area contributed by atoms with Crippen LogP contribution >= 0.6 is 0 Å². The van der Waals surface area contributed by atoms with Crippen molar-refractivity contribution in [3.63, 3.8) is 0 Å². The lowest BCUT2D eigenvalue weighted by Gasteiger charge is -2.10. The second kappa shape index (κ2) is 6.11. The van der Waals surface area contributed by atoms with Crippen LogP contribution in [-0.4, -0.2) is 39.8 Å². The third-order valence-corrected chi connectivity index (χ3v) is 3.42. The SMILES string of the molecule is COCCOc1cnccc1-c1nc2cc(C)cnc2n1C. The molecule has 0 radical (unpaired) electrons. The van der Waals surface area contributed by atoms with Crippen molar-refractivity contribution in [1.29, 1.82) is 0 Å². The molecule has 6 heteroatoms. The number of methoxy groups -OCH3 is 1. The van der Waals surface area contributed by atoms with Gasteiger partial charge in [0.25, 0.3) is 0 Å². The molecule has 22 heavy (non-hydrogen) atoms. The van der Waals surface area contributed by atoms with Crippen LogP contribution in [-0.2, 0) is 11.8 Å². The second-order valence-electron chi connectivity index (χ2n) is 5.06. The third kappa shape index (κ3) is 2.65. The average Bonchev–Trinajstić information content (AvgIpc) is 2.84. The molecule has 0 N–H and O–H groups in total. The van der Waals surface area contributed by atoms with Crippen molar-refractivity contribution in [2.45, 2.75) is 6.92 Å². The molecule has 6 nitrogen and oxygen atoms in total. The minimum atomic E-state index is 0.469. The fraction of sp³-hybridized carbons (Fsp3) is 0.312. The van der Waals surface area contributed by atoms with E-state index in [0.29, 0.717) is 19.0 Å². The Hall–Kier alpha value is -2.47. The monoisotopic (exact) mass is 298 g/mol. The highest BCUT2D eigenvalue weighted by atomic mass is 16.5. The normalized spacial score (nSPS) is 11.0. The fourth-order valence-corrected chi connectivity index (χ4v) is 2.33. The van der Waals surface area contributed by atoms with Gasteiger partial charge in [-0.05, 0) is 24.6 Å². The summed E-state index contributed by atoms with van der Waals surface area (Å²) in [4.78, 5) is 13.3. The van der Waals surface area contributed by atoms with Crippen LogP contribution in [0.2, 0.25) is 0 Å². The molecule has 0 saturated heterocycles. The molecule has 0 fully saturated rings. The van der Waals surface area contributed by atoms with Crippen molar-refractivity contribution in [1.82, 2.24) is 19.5 Å². The van der Waals surface area contributed by atoms with Gasteiger partial charge in [-0.3, -0.25) is 4.98 Å². The van der Waals surface area contributed by atoms with E-state index in [2.05, 4.69) is 9.97 Å². The first-order valence-corrected chi connectivity index (χ1v) is 7.06. The number of aromatic nitrogens is 4. The van der Waals surface area contributed by atoms with E-state index in [-0.39, 0.29) is 0 Å². The summed E-state index contributed by atoms with van der Waals surface area (Å²) in [6.07, 6.45) is 5.27. The number of imidazole rings is 1. The van der Waals surface area contributed by atoms with Crippen LogP contribution in [0.4, 0.5) is 0 Å². The maximum absolute atomic E-state index is 5.75. The number of hydrogen-bond acceptors (Lipinski definition) is 5. The van der Waals surface area contributed by atoms with Gasteiger partial charge >= 0.3 is 0 Å². The van der Waals surface area contributed by atoms with Gasteiger partial charge in [-0.2, -0.15) is 0 Å². The molecule has 0 bridgehead atoms. The molecule has 0 saturated carbocycles. The molecular weight excluding hydrogens is 280 g/mol. The van der Waals surface area contributed by atoms with Gasteiger partial charge < -0.3 is 14.0 Å². The summed E-state index contributed by atoms with van der Waals surface area (Å²) in [5, 5.41) is 0. The quantitative estimate of drug-likeness (QED) is 0.677. The van der Waals surface area contributed by atoms with E-state index in [1.807, 2.05) is 36.9 Å². The van der Waals surface area contributed by atoms with Crippen LogP contribution in [0.3, 0.4) is 0 Å². The lowest BCUT2D eigenvalue weighted by Crippen LogP contribution is -2.06. The van der Waals surface area contributed by atoms with E-state index in [4.69, 9.17) is 14.5 Å². The van der Waals surface area contributed by atoms with Crippen LogP contribution in [0.1, 0.15) is 5.56 Å². The highest BCUT2D eigenvalue weighted by Gasteiger charge is 2.15. The maximum Gasteiger partial charge on any atom is 0.160 e. The standard InChI is InChI=1S/C16H18N4O2/c1-11-8-13-16(18-9-11)20(2)15(19-13)12-4-5-17-10-14(12)22-7-6-21-3/h4-5,8-10H,6-7H2,1-3H3. The third-order valence-electron chi connectivity index (χ3n) is 3.42. The van der Waals surface area contributed by atoms with Crippen LogP contribution in [0, 0.1) is 6.92 Å². The average molecular weight is 298 g/mol. The lowest BCUT2D eigenvalue weighted by molar-refractivity contribution is 0.146. The molecule has 0 aliphatic heterocycles. The Morgan fingerprint density at radius 2 is 2.09 bits per heavy atom. The van der Waals surface area contributed by atoms with E-state index in [1.165, 1.54) is 0 Å². The molecule has 0 aliphatic rings. The number of ether oxygens (including phenoxy) is 2. The Labute approximate surface area is 128 Å². The van der Waals surface area contributed by atoms with Crippen molar-refractivity contribution < 1.29 is 9.47 Å². The largest absolute Gasteiger partial charge is 0.489 e. The van der Waals surface area contributed by atoms with E-state index in [0.717, 1.165) is 28.1 Å². The van der Waals surface area contributed by atoms with Gasteiger partial charge in [0.2, 0.25) is 0 Å². The summed E-state index contributed by atoms with van der Waals surface area (Å²) >= 11 is 0. The number of nitrogens with zero attached hydrogens (tertiary/aromatic N) is 4. The topological polar surface area (TPSA) is 62.1 Å². The Bertz CT molecular complexity index is 798. The molecule has 3 aromatic rings. The minimum Gasteiger partial charge on any atom is -0.489 e. The highest BCUT2D eigenvalue weighted by molar-refractivity contribution is 5.79. The smallest absolute Gasteiger partial charge is 0.160 e. The Morgan fingerprint density at radius 1 is 1.23 bits per heavy atom. The Kier molecular flexibility index (Phi) is 4.02. The number of hydrogen-bond donors (Lipinski definition) is 0. The van der Waals surface area contributed by atoms with Gasteiger partial charge in [0.05, 0.1) is 18.4 Å². The van der Waals surface area contributed by atoms with Crippen LogP contribution in [0.5, 0.6) is 5.75 Å². The van der Waals surface area contributed by atoms with Gasteiger partial charge in [0.1, 0.15) is 23.7 Å². The lowest BCUT2D eigenvalue weighted by atomic mass is 10.2. The number of pyridine rings is 2. The zero-order valence-electron chi connectivity index (χ0n) is 12.9. The second-order valence-corrected chi connectivity index (χ2v) is 5.06. The predicted molar refractivity (Wildman–Crippen MR) is 83.8 cm³/mol. The zero-order chi connectivity index (χ0) is 15.5. The van der Waals surface area contributed by atoms with Crippen molar-refractivity contribution in [3.05, 3.63) is 36.3 Å². The zero-order valence-corrected chi connectivity index (χ0v) is 12.9. The highest BCUT2D eigenvalue weighted by Crippen LogP contribution is 2.30. The Morgan fingerprint density at radius 3 is 2.91 bits per heavy atom. The van der Waals surface area contributed by atoms with Crippen molar-refractivity contribution in [2.75, 3.05) is 20.3 Å².